The van der Waals surface area contributed by atoms with Gasteiger partial charge in [0, 0.05) is 18.5 Å². The van der Waals surface area contributed by atoms with Crippen LogP contribution in [0.4, 0.5) is 4.79 Å². The van der Waals surface area contributed by atoms with Gasteiger partial charge in [0.05, 0.1) is 6.61 Å². The average Bonchev–Trinajstić information content (AvgIpc) is 2.59. The summed E-state index contributed by atoms with van der Waals surface area (Å²) in [5, 5.41) is 23.3. The van der Waals surface area contributed by atoms with Crippen LogP contribution < -0.4 is 10.1 Å². The molecule has 1 aliphatic rings. The van der Waals surface area contributed by atoms with Gasteiger partial charge >= 0.3 is 6.09 Å². The maximum atomic E-state index is 11.7. The van der Waals surface area contributed by atoms with E-state index < -0.39 is 17.5 Å². The fourth-order valence-electron chi connectivity index (χ4n) is 3.20. The zero-order valence-electron chi connectivity index (χ0n) is 16.7. The quantitative estimate of drug-likeness (QED) is 0.629. The summed E-state index contributed by atoms with van der Waals surface area (Å²) in [6, 6.07) is 6.85. The van der Waals surface area contributed by atoms with Gasteiger partial charge in [-0.25, -0.2) is 4.79 Å². The highest BCUT2D eigenvalue weighted by Crippen LogP contribution is 2.27. The molecule has 0 aromatic heterocycles. The van der Waals surface area contributed by atoms with E-state index in [1.54, 1.807) is 39.0 Å². The minimum atomic E-state index is -2.06. The number of amides is 1. The molecule has 1 saturated carbocycles. The summed E-state index contributed by atoms with van der Waals surface area (Å²) in [4.78, 5) is 11.7. The van der Waals surface area contributed by atoms with E-state index in [0.717, 1.165) is 0 Å². The second kappa shape index (κ2) is 9.42. The number of nitrogens with one attached hydrogen (secondary N) is 1. The standard InChI is InChI=1S/C21H33NO5/c1-20(2,3)27-19(23)22-13-12-21(24,25)17-10-7-11-18(14-17)26-15-16-8-5-4-6-9-16/h7,10-11,14,16,24-25H,4-6,8-9,12-13,15H2,1-3H3,(H,22,23). The summed E-state index contributed by atoms with van der Waals surface area (Å²) in [7, 11) is 0. The molecule has 0 atom stereocenters. The first-order chi connectivity index (χ1) is 12.7. The van der Waals surface area contributed by atoms with Gasteiger partial charge in [0.25, 0.3) is 0 Å². The van der Waals surface area contributed by atoms with Crippen molar-refractivity contribution in [1.82, 2.24) is 5.32 Å². The Labute approximate surface area is 161 Å². The lowest BCUT2D eigenvalue weighted by atomic mass is 9.90. The number of carbonyl (C=O) groups is 1. The Balaban J connectivity index is 1.84. The molecule has 2 rings (SSSR count). The molecule has 6 heteroatoms. The third-order valence-corrected chi connectivity index (χ3v) is 4.65. The van der Waals surface area contributed by atoms with E-state index in [9.17, 15) is 15.0 Å². The molecule has 0 aliphatic heterocycles. The molecule has 1 amide bonds. The predicted molar refractivity (Wildman–Crippen MR) is 103 cm³/mol. The average molecular weight is 379 g/mol. The monoisotopic (exact) mass is 379 g/mol. The Morgan fingerprint density at radius 3 is 2.56 bits per heavy atom. The Morgan fingerprint density at radius 1 is 1.19 bits per heavy atom. The molecule has 0 spiro atoms. The van der Waals surface area contributed by atoms with E-state index in [0.29, 0.717) is 23.8 Å². The minimum Gasteiger partial charge on any atom is -0.493 e. The highest BCUT2D eigenvalue weighted by atomic mass is 16.6. The van der Waals surface area contributed by atoms with Crippen LogP contribution in [0.5, 0.6) is 5.75 Å². The summed E-state index contributed by atoms with van der Waals surface area (Å²) in [6.07, 6.45) is 5.58. The van der Waals surface area contributed by atoms with Crippen molar-refractivity contribution in [1.29, 1.82) is 0 Å². The lowest BCUT2D eigenvalue weighted by molar-refractivity contribution is -0.173. The van der Waals surface area contributed by atoms with Crippen molar-refractivity contribution in [2.45, 2.75) is 70.7 Å². The molecule has 6 nitrogen and oxygen atoms in total. The molecule has 1 aliphatic carbocycles. The van der Waals surface area contributed by atoms with Gasteiger partial charge in [-0.3, -0.25) is 0 Å². The molecule has 1 aromatic carbocycles. The van der Waals surface area contributed by atoms with Crippen LogP contribution in [-0.2, 0) is 10.5 Å². The number of ether oxygens (including phenoxy) is 2. The third-order valence-electron chi connectivity index (χ3n) is 4.65. The van der Waals surface area contributed by atoms with Crippen LogP contribution in [0.2, 0.25) is 0 Å². The van der Waals surface area contributed by atoms with Crippen molar-refractivity contribution in [3.63, 3.8) is 0 Å². The highest BCUT2D eigenvalue weighted by Gasteiger charge is 2.27. The number of aliphatic hydroxyl groups is 2. The van der Waals surface area contributed by atoms with Crippen molar-refractivity contribution < 1.29 is 24.5 Å². The molecule has 0 unspecified atom stereocenters. The van der Waals surface area contributed by atoms with E-state index in [4.69, 9.17) is 9.47 Å². The van der Waals surface area contributed by atoms with Gasteiger partial charge in [0.1, 0.15) is 11.4 Å². The van der Waals surface area contributed by atoms with Crippen molar-refractivity contribution in [3.05, 3.63) is 29.8 Å². The number of benzene rings is 1. The molecular formula is C21H33NO5. The topological polar surface area (TPSA) is 88.0 Å². The molecule has 3 N–H and O–H groups in total. The first-order valence-corrected chi connectivity index (χ1v) is 9.81. The van der Waals surface area contributed by atoms with Crippen LogP contribution in [0, 0.1) is 5.92 Å². The largest absolute Gasteiger partial charge is 0.493 e. The molecule has 1 aromatic rings. The fourth-order valence-corrected chi connectivity index (χ4v) is 3.20. The Kier molecular flexibility index (Phi) is 7.50. The molecule has 0 saturated heterocycles. The van der Waals surface area contributed by atoms with Crippen LogP contribution in [0.3, 0.4) is 0 Å². The van der Waals surface area contributed by atoms with Crippen LogP contribution in [0.25, 0.3) is 0 Å². The van der Waals surface area contributed by atoms with Crippen molar-refractivity contribution in [2.75, 3.05) is 13.2 Å². The van der Waals surface area contributed by atoms with E-state index in [1.165, 1.54) is 32.1 Å². The first-order valence-electron chi connectivity index (χ1n) is 9.81. The zero-order valence-corrected chi connectivity index (χ0v) is 16.7. The van der Waals surface area contributed by atoms with Gasteiger partial charge in [-0.1, -0.05) is 31.4 Å². The van der Waals surface area contributed by atoms with Gasteiger partial charge in [0.15, 0.2) is 5.79 Å². The Hall–Kier alpha value is -1.79. The Bertz CT molecular complexity index is 603. The fraction of sp³-hybridized carbons (Fsp3) is 0.667. The summed E-state index contributed by atoms with van der Waals surface area (Å²) in [5.74, 6) is -0.849. The van der Waals surface area contributed by atoms with E-state index >= 15 is 0 Å². The molecular weight excluding hydrogens is 346 g/mol. The molecule has 152 valence electrons. The maximum absolute atomic E-state index is 11.7. The molecule has 0 radical (unpaired) electrons. The smallest absolute Gasteiger partial charge is 0.407 e. The second-order valence-corrected chi connectivity index (χ2v) is 8.34. The summed E-state index contributed by atoms with van der Waals surface area (Å²) in [6.45, 7) is 6.05. The van der Waals surface area contributed by atoms with Crippen molar-refractivity contribution in [2.24, 2.45) is 5.92 Å². The minimum absolute atomic E-state index is 0.0572. The molecule has 0 heterocycles. The zero-order chi connectivity index (χ0) is 19.9. The van der Waals surface area contributed by atoms with Crippen molar-refractivity contribution >= 4 is 6.09 Å². The summed E-state index contributed by atoms with van der Waals surface area (Å²) in [5.41, 5.74) is -0.251. The molecule has 1 fully saturated rings. The number of carbonyl (C=O) groups excluding carboxylic acids is 1. The third kappa shape index (κ3) is 7.77. The van der Waals surface area contributed by atoms with Crippen LogP contribution in [0.15, 0.2) is 24.3 Å². The first kappa shape index (κ1) is 21.5. The predicted octanol–water partition coefficient (Wildman–Crippen LogP) is 3.70. The van der Waals surface area contributed by atoms with Crippen molar-refractivity contribution in [3.8, 4) is 5.75 Å². The maximum Gasteiger partial charge on any atom is 0.407 e. The highest BCUT2D eigenvalue weighted by molar-refractivity contribution is 5.67. The Morgan fingerprint density at radius 2 is 1.89 bits per heavy atom. The normalized spacial score (nSPS) is 16.0. The molecule has 0 bridgehead atoms. The van der Waals surface area contributed by atoms with Gasteiger partial charge in [-0.2, -0.15) is 0 Å². The van der Waals surface area contributed by atoms with Gasteiger partial charge in [0.2, 0.25) is 0 Å². The van der Waals surface area contributed by atoms with E-state index in [2.05, 4.69) is 5.32 Å². The lowest BCUT2D eigenvalue weighted by Gasteiger charge is -2.25. The SMILES string of the molecule is CC(C)(C)OC(=O)NCCC(O)(O)c1cccc(OCC2CCCCC2)c1. The second-order valence-electron chi connectivity index (χ2n) is 8.34. The van der Waals surface area contributed by atoms with Gasteiger partial charge in [-0.15, -0.1) is 0 Å². The van der Waals surface area contributed by atoms with Crippen LogP contribution in [-0.4, -0.2) is 35.1 Å². The number of rotatable bonds is 7. The van der Waals surface area contributed by atoms with Crippen LogP contribution >= 0.6 is 0 Å². The molecule has 27 heavy (non-hydrogen) atoms. The van der Waals surface area contributed by atoms with E-state index in [-0.39, 0.29) is 13.0 Å². The lowest BCUT2D eigenvalue weighted by Crippen LogP contribution is -2.36. The number of hydrogen-bond donors (Lipinski definition) is 3. The van der Waals surface area contributed by atoms with Crippen LogP contribution in [0.1, 0.15) is 64.9 Å². The van der Waals surface area contributed by atoms with Gasteiger partial charge < -0.3 is 25.0 Å². The summed E-state index contributed by atoms with van der Waals surface area (Å²) < 4.78 is 11.0. The van der Waals surface area contributed by atoms with E-state index in [1.807, 2.05) is 6.07 Å². The number of alkyl carbamates (subject to hydrolysis) is 1. The summed E-state index contributed by atoms with van der Waals surface area (Å²) >= 11 is 0. The number of hydrogen-bond acceptors (Lipinski definition) is 5. The van der Waals surface area contributed by atoms with Gasteiger partial charge in [-0.05, 0) is 51.7 Å².